The number of rotatable bonds is 5. The van der Waals surface area contributed by atoms with Crippen molar-refractivity contribution in [3.8, 4) is 5.75 Å². The van der Waals surface area contributed by atoms with Gasteiger partial charge in [0, 0.05) is 10.2 Å². The Balaban J connectivity index is 2.15. The highest BCUT2D eigenvalue weighted by Gasteiger charge is 2.53. The van der Waals surface area contributed by atoms with Gasteiger partial charge in [0.25, 0.3) is 0 Å². The number of alkyl halides is 1. The highest BCUT2D eigenvalue weighted by Crippen LogP contribution is 2.52. The molecule has 0 heterocycles. The molecule has 1 saturated carbocycles. The van der Waals surface area contributed by atoms with Gasteiger partial charge in [-0.05, 0) is 37.3 Å². The molecule has 100 valence electrons. The van der Waals surface area contributed by atoms with Crippen LogP contribution >= 0.6 is 15.9 Å². The minimum absolute atomic E-state index is 0.320. The third-order valence-corrected chi connectivity index (χ3v) is 5.91. The Morgan fingerprint density at radius 3 is 2.44 bits per heavy atom. The number of para-hydroxylation sites is 1. The van der Waals surface area contributed by atoms with Gasteiger partial charge in [-0.1, -0.05) is 54.9 Å². The number of aryl methyl sites for hydroxylation is 1. The van der Waals surface area contributed by atoms with Crippen molar-refractivity contribution in [2.45, 2.75) is 57.4 Å². The van der Waals surface area contributed by atoms with Gasteiger partial charge in [0.15, 0.2) is 0 Å². The van der Waals surface area contributed by atoms with E-state index in [-0.39, 0.29) is 0 Å². The number of halogens is 1. The van der Waals surface area contributed by atoms with Crippen molar-refractivity contribution in [1.29, 1.82) is 0 Å². The lowest BCUT2D eigenvalue weighted by Gasteiger charge is -2.52. The fourth-order valence-electron chi connectivity index (χ4n) is 3.08. The van der Waals surface area contributed by atoms with E-state index in [2.05, 4.69) is 61.0 Å². The molecule has 0 amide bonds. The van der Waals surface area contributed by atoms with E-state index in [4.69, 9.17) is 4.74 Å². The predicted octanol–water partition coefficient (Wildman–Crippen LogP) is 4.97. The summed E-state index contributed by atoms with van der Waals surface area (Å²) in [5, 5.41) is 0. The summed E-state index contributed by atoms with van der Waals surface area (Å²) in [6, 6.07) is 8.43. The molecular formula is C16H23BrO. The van der Waals surface area contributed by atoms with Crippen molar-refractivity contribution < 1.29 is 4.74 Å². The molecule has 1 nitrogen and oxygen atoms in total. The summed E-state index contributed by atoms with van der Waals surface area (Å²) in [7, 11) is 0. The predicted molar refractivity (Wildman–Crippen MR) is 80.6 cm³/mol. The SMILES string of the molecule is CCc1ccccc1OC1CC(Br)C1(CC)CC. The largest absolute Gasteiger partial charge is 0.489 e. The van der Waals surface area contributed by atoms with Crippen molar-refractivity contribution in [3.05, 3.63) is 29.8 Å². The first-order valence-corrected chi connectivity index (χ1v) is 7.98. The molecule has 2 unspecified atom stereocenters. The monoisotopic (exact) mass is 310 g/mol. The third kappa shape index (κ3) is 2.20. The number of ether oxygens (including phenoxy) is 1. The molecule has 0 aromatic heterocycles. The van der Waals surface area contributed by atoms with Crippen LogP contribution in [0.3, 0.4) is 0 Å². The molecule has 1 aliphatic carbocycles. The maximum Gasteiger partial charge on any atom is 0.122 e. The molecule has 0 bridgehead atoms. The molecule has 0 aliphatic heterocycles. The zero-order valence-electron chi connectivity index (χ0n) is 11.6. The second-order valence-corrected chi connectivity index (χ2v) is 6.32. The van der Waals surface area contributed by atoms with Gasteiger partial charge in [-0.15, -0.1) is 0 Å². The van der Waals surface area contributed by atoms with Crippen LogP contribution in [0, 0.1) is 5.41 Å². The second kappa shape index (κ2) is 5.64. The first kappa shape index (κ1) is 13.9. The molecule has 0 saturated heterocycles. The van der Waals surface area contributed by atoms with Crippen LogP contribution in [-0.4, -0.2) is 10.9 Å². The van der Waals surface area contributed by atoms with E-state index in [1.807, 2.05) is 0 Å². The molecule has 0 radical (unpaired) electrons. The Bertz CT molecular complexity index is 398. The molecule has 2 atom stereocenters. The number of hydrogen-bond acceptors (Lipinski definition) is 1. The smallest absolute Gasteiger partial charge is 0.122 e. The highest BCUT2D eigenvalue weighted by molar-refractivity contribution is 9.09. The Labute approximate surface area is 119 Å². The summed E-state index contributed by atoms with van der Waals surface area (Å²) >= 11 is 3.81. The summed E-state index contributed by atoms with van der Waals surface area (Å²) < 4.78 is 6.31. The molecular weight excluding hydrogens is 288 g/mol. The minimum atomic E-state index is 0.320. The van der Waals surface area contributed by atoms with Crippen LogP contribution in [0.4, 0.5) is 0 Å². The summed E-state index contributed by atoms with van der Waals surface area (Å²) in [5.41, 5.74) is 1.64. The van der Waals surface area contributed by atoms with Crippen LogP contribution in [0.25, 0.3) is 0 Å². The molecule has 1 fully saturated rings. The molecule has 0 N–H and O–H groups in total. The van der Waals surface area contributed by atoms with E-state index in [1.165, 1.54) is 18.4 Å². The Kier molecular flexibility index (Phi) is 4.37. The maximum atomic E-state index is 6.31. The van der Waals surface area contributed by atoms with Gasteiger partial charge >= 0.3 is 0 Å². The van der Waals surface area contributed by atoms with Crippen molar-refractivity contribution in [3.63, 3.8) is 0 Å². The lowest BCUT2D eigenvalue weighted by Crippen LogP contribution is -2.56. The molecule has 1 aromatic rings. The van der Waals surface area contributed by atoms with E-state index in [1.54, 1.807) is 0 Å². The van der Waals surface area contributed by atoms with Crippen molar-refractivity contribution in [2.24, 2.45) is 5.41 Å². The van der Waals surface area contributed by atoms with E-state index in [0.29, 0.717) is 16.3 Å². The molecule has 18 heavy (non-hydrogen) atoms. The molecule has 1 aliphatic rings. The van der Waals surface area contributed by atoms with Gasteiger partial charge in [0.2, 0.25) is 0 Å². The quantitative estimate of drug-likeness (QED) is 0.698. The van der Waals surface area contributed by atoms with Gasteiger partial charge < -0.3 is 4.74 Å². The highest BCUT2D eigenvalue weighted by atomic mass is 79.9. The van der Waals surface area contributed by atoms with Crippen LogP contribution in [0.15, 0.2) is 24.3 Å². The van der Waals surface area contributed by atoms with Crippen LogP contribution in [0.5, 0.6) is 5.75 Å². The summed E-state index contributed by atoms with van der Waals surface area (Å²) in [6.07, 6.45) is 4.88. The van der Waals surface area contributed by atoms with Crippen molar-refractivity contribution >= 4 is 15.9 Å². The van der Waals surface area contributed by atoms with Gasteiger partial charge in [0.1, 0.15) is 11.9 Å². The van der Waals surface area contributed by atoms with E-state index in [9.17, 15) is 0 Å². The average Bonchev–Trinajstić information content (AvgIpc) is 2.40. The summed E-state index contributed by atoms with van der Waals surface area (Å²) in [5.74, 6) is 1.08. The first-order chi connectivity index (χ1) is 8.67. The molecule has 1 aromatic carbocycles. The topological polar surface area (TPSA) is 9.23 Å². The van der Waals surface area contributed by atoms with Crippen LogP contribution in [-0.2, 0) is 6.42 Å². The van der Waals surface area contributed by atoms with E-state index >= 15 is 0 Å². The van der Waals surface area contributed by atoms with E-state index in [0.717, 1.165) is 18.6 Å². The van der Waals surface area contributed by atoms with Gasteiger partial charge in [0.05, 0.1) is 0 Å². The zero-order valence-corrected chi connectivity index (χ0v) is 13.2. The lowest BCUT2D eigenvalue weighted by molar-refractivity contribution is -0.0415. The second-order valence-electron chi connectivity index (χ2n) is 5.21. The van der Waals surface area contributed by atoms with Crippen LogP contribution in [0.2, 0.25) is 0 Å². The summed E-state index contributed by atoms with van der Waals surface area (Å²) in [4.78, 5) is 0.610. The fraction of sp³-hybridized carbons (Fsp3) is 0.625. The number of hydrogen-bond donors (Lipinski definition) is 0. The van der Waals surface area contributed by atoms with Gasteiger partial charge in [-0.3, -0.25) is 0 Å². The lowest BCUT2D eigenvalue weighted by atomic mass is 9.62. The van der Waals surface area contributed by atoms with Crippen molar-refractivity contribution in [2.75, 3.05) is 0 Å². The molecule has 2 heteroatoms. The fourth-order valence-corrected chi connectivity index (χ4v) is 4.36. The third-order valence-electron chi connectivity index (χ3n) is 4.63. The standard InChI is InChI=1S/C16H23BrO/c1-4-12-9-7-8-10-13(12)18-15-11-14(17)16(15,5-2)6-3/h7-10,14-15H,4-6,11H2,1-3H3. The van der Waals surface area contributed by atoms with Gasteiger partial charge in [-0.2, -0.15) is 0 Å². The molecule has 2 rings (SSSR count). The van der Waals surface area contributed by atoms with Gasteiger partial charge in [-0.25, -0.2) is 0 Å². The minimum Gasteiger partial charge on any atom is -0.489 e. The first-order valence-electron chi connectivity index (χ1n) is 7.06. The van der Waals surface area contributed by atoms with Crippen molar-refractivity contribution in [1.82, 2.24) is 0 Å². The number of benzene rings is 1. The van der Waals surface area contributed by atoms with Crippen LogP contribution < -0.4 is 4.74 Å². The summed E-state index contributed by atoms with van der Waals surface area (Å²) in [6.45, 7) is 6.74. The Hall–Kier alpha value is -0.500. The van der Waals surface area contributed by atoms with Crippen LogP contribution in [0.1, 0.15) is 45.6 Å². The van der Waals surface area contributed by atoms with E-state index < -0.39 is 0 Å². The Morgan fingerprint density at radius 2 is 1.89 bits per heavy atom. The maximum absolute atomic E-state index is 6.31. The zero-order chi connectivity index (χ0) is 13.2. The normalized spacial score (nSPS) is 25.6. The Morgan fingerprint density at radius 1 is 1.22 bits per heavy atom. The molecule has 0 spiro atoms. The average molecular weight is 311 g/mol.